The Morgan fingerprint density at radius 1 is 0.613 bits per heavy atom. The fourth-order valence-corrected chi connectivity index (χ4v) is 1.91. The smallest absolute Gasteiger partial charge is 0.545 e. The second-order valence-corrected chi connectivity index (χ2v) is 4.87. The van der Waals surface area contributed by atoms with Crippen LogP contribution < -0.4 is 10.2 Å². The van der Waals surface area contributed by atoms with Gasteiger partial charge in [0.05, 0.1) is 23.1 Å². The number of rotatable bonds is 6. The summed E-state index contributed by atoms with van der Waals surface area (Å²) < 4.78 is 0. The van der Waals surface area contributed by atoms with Gasteiger partial charge in [0.25, 0.3) is 0 Å². The zero-order chi connectivity index (χ0) is 22.8. The summed E-state index contributed by atoms with van der Waals surface area (Å²) in [6.45, 7) is 0. The van der Waals surface area contributed by atoms with Crippen LogP contribution in [0.4, 0.5) is 0 Å². The summed E-state index contributed by atoms with van der Waals surface area (Å²) in [4.78, 5) is 70.1. The molecule has 0 radical (unpaired) electrons. The molecule has 0 atom stereocenters. The van der Waals surface area contributed by atoms with E-state index >= 15 is 0 Å². The van der Waals surface area contributed by atoms with Crippen LogP contribution in [0.25, 0.3) is 0 Å². The van der Waals surface area contributed by atoms with Gasteiger partial charge < -0.3 is 19.8 Å². The molecule has 0 aliphatic heterocycles. The SMILES string of the molecule is O=C([O-])c1ccccc1C(=O)O[N+](=O)[O-].O=C([O-])c1ccccc1C(=O)O[N+](=O)[O-].[Zn+2]. The van der Waals surface area contributed by atoms with Gasteiger partial charge in [-0.25, -0.2) is 9.68 Å². The van der Waals surface area contributed by atoms with Crippen LogP contribution in [-0.4, -0.2) is 34.1 Å². The number of benzene rings is 2. The molecule has 2 aromatic carbocycles. The summed E-state index contributed by atoms with van der Waals surface area (Å²) >= 11 is 0. The maximum absolute atomic E-state index is 11.0. The zero-order valence-corrected chi connectivity index (χ0v) is 18.1. The van der Waals surface area contributed by atoms with E-state index in [4.69, 9.17) is 0 Å². The number of nitrogens with zero attached hydrogens (tertiary/aromatic N) is 2. The summed E-state index contributed by atoms with van der Waals surface area (Å²) in [5.74, 6) is -5.91. The molecule has 0 N–H and O–H groups in total. The van der Waals surface area contributed by atoms with E-state index in [1.54, 1.807) is 0 Å². The molecule has 0 fully saturated rings. The molecule has 14 nitrogen and oxygen atoms in total. The largest absolute Gasteiger partial charge is 2.00 e. The van der Waals surface area contributed by atoms with Gasteiger partial charge in [0.15, 0.2) is 0 Å². The van der Waals surface area contributed by atoms with E-state index < -0.39 is 56.3 Å². The third kappa shape index (κ3) is 8.33. The fourth-order valence-electron chi connectivity index (χ4n) is 1.91. The van der Waals surface area contributed by atoms with Gasteiger partial charge in [-0.3, -0.25) is 9.59 Å². The van der Waals surface area contributed by atoms with Crippen molar-refractivity contribution in [2.45, 2.75) is 0 Å². The van der Waals surface area contributed by atoms with Gasteiger partial charge in [0, 0.05) is 11.1 Å². The van der Waals surface area contributed by atoms with Gasteiger partial charge in [0.2, 0.25) is 0 Å². The second kappa shape index (κ2) is 12.3. The van der Waals surface area contributed by atoms with Gasteiger partial charge in [-0.2, -0.15) is 0 Å². The molecule has 156 valence electrons. The van der Waals surface area contributed by atoms with Crippen molar-refractivity contribution in [3.05, 3.63) is 91.0 Å². The van der Waals surface area contributed by atoms with Crippen LogP contribution in [0.2, 0.25) is 0 Å². The second-order valence-electron chi connectivity index (χ2n) is 4.87. The molecule has 0 saturated heterocycles. The maximum Gasteiger partial charge on any atom is 2.00 e. The number of carboxylic acids is 2. The van der Waals surface area contributed by atoms with Crippen molar-refractivity contribution in [1.29, 1.82) is 0 Å². The Morgan fingerprint density at radius 2 is 0.871 bits per heavy atom. The number of carboxylic acid groups (broad SMARTS) is 2. The van der Waals surface area contributed by atoms with Crippen LogP contribution in [0.15, 0.2) is 48.5 Å². The first-order chi connectivity index (χ1) is 14.0. The van der Waals surface area contributed by atoms with Gasteiger partial charge in [-0.15, -0.1) is 20.2 Å². The molecular formula is C16H8N2O12Zn. The van der Waals surface area contributed by atoms with Gasteiger partial charge in [-0.05, 0) is 12.1 Å². The van der Waals surface area contributed by atoms with Crippen molar-refractivity contribution in [3.63, 3.8) is 0 Å². The zero-order valence-electron chi connectivity index (χ0n) is 15.1. The van der Waals surface area contributed by atoms with Crippen molar-refractivity contribution < 1.29 is 68.7 Å². The van der Waals surface area contributed by atoms with Gasteiger partial charge in [0.1, 0.15) is 0 Å². The first-order valence-corrected chi connectivity index (χ1v) is 7.38. The Hall–Kier alpha value is -4.26. The number of aromatic carboxylic acids is 2. The minimum atomic E-state index is -1.61. The molecule has 2 rings (SSSR count). The van der Waals surface area contributed by atoms with Crippen LogP contribution in [0.3, 0.4) is 0 Å². The van der Waals surface area contributed by atoms with Crippen LogP contribution in [-0.2, 0) is 29.2 Å². The molecule has 0 saturated carbocycles. The number of carbonyl (C=O) groups is 4. The van der Waals surface area contributed by atoms with Crippen molar-refractivity contribution >= 4 is 23.9 Å². The molecule has 15 heteroatoms. The minimum Gasteiger partial charge on any atom is -0.545 e. The van der Waals surface area contributed by atoms with Crippen LogP contribution in [0, 0.1) is 20.2 Å². The normalized spacial score (nSPS) is 9.03. The number of hydrogen-bond donors (Lipinski definition) is 0. The summed E-state index contributed by atoms with van der Waals surface area (Å²) in [5, 5.41) is 38.2. The van der Waals surface area contributed by atoms with Crippen LogP contribution in [0.1, 0.15) is 41.4 Å². The molecule has 0 spiro atoms. The summed E-state index contributed by atoms with van der Waals surface area (Å²) in [7, 11) is 0. The van der Waals surface area contributed by atoms with Crippen molar-refractivity contribution in [1.82, 2.24) is 0 Å². The van der Waals surface area contributed by atoms with Crippen LogP contribution >= 0.6 is 0 Å². The van der Waals surface area contributed by atoms with E-state index in [9.17, 15) is 49.6 Å². The molecule has 0 aromatic heterocycles. The molecule has 0 bridgehead atoms. The average molecular weight is 486 g/mol. The quantitative estimate of drug-likeness (QED) is 0.267. The van der Waals surface area contributed by atoms with Crippen molar-refractivity contribution in [3.8, 4) is 0 Å². The van der Waals surface area contributed by atoms with E-state index in [0.717, 1.165) is 24.3 Å². The predicted molar refractivity (Wildman–Crippen MR) is 86.4 cm³/mol. The minimum absolute atomic E-state index is 0. The van der Waals surface area contributed by atoms with Gasteiger partial charge in [-0.1, -0.05) is 36.4 Å². The standard InChI is InChI=1S/2C8H5NO6.Zn/c2*10-7(11)5-3-1-2-4-6(5)8(12)15-9(13)14;/h2*1-4H,(H,10,11);/q;;+2/p-2. The number of hydrogen-bond acceptors (Lipinski definition) is 12. The first kappa shape index (κ1) is 26.7. The monoisotopic (exact) mass is 484 g/mol. The third-order valence-corrected chi connectivity index (χ3v) is 3.05. The van der Waals surface area contributed by atoms with E-state index in [2.05, 4.69) is 9.68 Å². The number of carbonyl (C=O) groups excluding carboxylic acids is 4. The Kier molecular flexibility index (Phi) is 10.6. The molecule has 0 amide bonds. The maximum atomic E-state index is 11.0. The predicted octanol–water partition coefficient (Wildman–Crippen LogP) is -1.21. The molecule has 0 heterocycles. The molecule has 0 unspecified atom stereocenters. The summed E-state index contributed by atoms with van der Waals surface area (Å²) in [6, 6.07) is 9.78. The van der Waals surface area contributed by atoms with E-state index in [0.29, 0.717) is 0 Å². The van der Waals surface area contributed by atoms with E-state index in [-0.39, 0.29) is 19.5 Å². The summed E-state index contributed by atoms with van der Waals surface area (Å²) in [5.41, 5.74) is -1.75. The summed E-state index contributed by atoms with van der Waals surface area (Å²) in [6.07, 6.45) is 0. The molecular weight excluding hydrogens is 478 g/mol. The average Bonchev–Trinajstić information content (AvgIpc) is 2.67. The molecule has 0 aliphatic carbocycles. The van der Waals surface area contributed by atoms with Crippen molar-refractivity contribution in [2.75, 3.05) is 0 Å². The van der Waals surface area contributed by atoms with Crippen molar-refractivity contribution in [2.24, 2.45) is 0 Å². The van der Waals surface area contributed by atoms with E-state index in [1.165, 1.54) is 24.3 Å². The third-order valence-electron chi connectivity index (χ3n) is 3.05. The van der Waals surface area contributed by atoms with Crippen LogP contribution in [0.5, 0.6) is 0 Å². The molecule has 2 aromatic rings. The fraction of sp³-hybridized carbons (Fsp3) is 0. The van der Waals surface area contributed by atoms with E-state index in [1.807, 2.05) is 0 Å². The molecule has 0 aliphatic rings. The first-order valence-electron chi connectivity index (χ1n) is 7.38. The Labute approximate surface area is 184 Å². The topological polar surface area (TPSA) is 219 Å². The Morgan fingerprint density at radius 3 is 1.10 bits per heavy atom. The Balaban J connectivity index is 0.000000562. The molecule has 31 heavy (non-hydrogen) atoms. The van der Waals surface area contributed by atoms with Gasteiger partial charge >= 0.3 is 41.6 Å². The Bertz CT molecular complexity index is 942.